The molecule has 1 aliphatic heterocycles. The Morgan fingerprint density at radius 3 is 3.07 bits per heavy atom. The van der Waals surface area contributed by atoms with Crippen molar-refractivity contribution in [2.75, 3.05) is 0 Å². The first kappa shape index (κ1) is 8.86. The summed E-state index contributed by atoms with van der Waals surface area (Å²) in [4.78, 5) is 4.54. The SMILES string of the molecule is CC1C=Cc2c(sc3ccccc23)N=C1. The van der Waals surface area contributed by atoms with Crippen LogP contribution in [0.25, 0.3) is 16.2 Å². The fourth-order valence-corrected chi connectivity index (χ4v) is 2.84. The van der Waals surface area contributed by atoms with Gasteiger partial charge in [-0.1, -0.05) is 37.3 Å². The van der Waals surface area contributed by atoms with Gasteiger partial charge in [0.15, 0.2) is 0 Å². The highest BCUT2D eigenvalue weighted by molar-refractivity contribution is 7.23. The first-order chi connectivity index (χ1) is 7.34. The molecule has 1 atom stereocenters. The van der Waals surface area contributed by atoms with Crippen LogP contribution in [0, 0.1) is 5.92 Å². The molecule has 0 aliphatic carbocycles. The third-order valence-corrected chi connectivity index (χ3v) is 3.70. The number of rotatable bonds is 0. The quantitative estimate of drug-likeness (QED) is 0.620. The summed E-state index contributed by atoms with van der Waals surface area (Å²) in [6.45, 7) is 2.15. The van der Waals surface area contributed by atoms with Crippen molar-refractivity contribution in [2.24, 2.45) is 10.9 Å². The predicted octanol–water partition coefficient (Wildman–Crippen LogP) is 4.27. The lowest BCUT2D eigenvalue weighted by Gasteiger charge is -1.92. The Hall–Kier alpha value is -1.41. The van der Waals surface area contributed by atoms with Crippen LogP contribution in [0.4, 0.5) is 5.00 Å². The Morgan fingerprint density at radius 1 is 1.27 bits per heavy atom. The topological polar surface area (TPSA) is 12.4 Å². The smallest absolute Gasteiger partial charge is 0.124 e. The maximum atomic E-state index is 4.54. The molecule has 3 rings (SSSR count). The highest BCUT2D eigenvalue weighted by atomic mass is 32.1. The molecule has 0 saturated heterocycles. The van der Waals surface area contributed by atoms with E-state index in [4.69, 9.17) is 0 Å². The standard InChI is InChI=1S/C13H11NS/c1-9-6-7-11-10-4-2-3-5-12(10)15-13(11)14-8-9/h2-9H,1H3. The molecule has 0 fully saturated rings. The van der Waals surface area contributed by atoms with Crippen molar-refractivity contribution in [1.29, 1.82) is 0 Å². The summed E-state index contributed by atoms with van der Waals surface area (Å²) in [5.41, 5.74) is 1.27. The molecule has 0 bridgehead atoms. The second kappa shape index (κ2) is 3.31. The van der Waals surface area contributed by atoms with Crippen LogP contribution in [0.3, 0.4) is 0 Å². The molecule has 1 aromatic carbocycles. The minimum Gasteiger partial charge on any atom is -0.249 e. The van der Waals surface area contributed by atoms with E-state index in [-0.39, 0.29) is 0 Å². The van der Waals surface area contributed by atoms with Crippen molar-refractivity contribution < 1.29 is 0 Å². The Morgan fingerprint density at radius 2 is 2.13 bits per heavy atom. The fourth-order valence-electron chi connectivity index (χ4n) is 1.79. The van der Waals surface area contributed by atoms with E-state index in [0.29, 0.717) is 5.92 Å². The molecule has 2 aromatic rings. The second-order valence-corrected chi connectivity index (χ2v) is 4.84. The van der Waals surface area contributed by atoms with Crippen LogP contribution in [0.5, 0.6) is 0 Å². The summed E-state index contributed by atoms with van der Waals surface area (Å²) in [5, 5.41) is 2.46. The van der Waals surface area contributed by atoms with Gasteiger partial charge in [-0.05, 0) is 6.07 Å². The van der Waals surface area contributed by atoms with Gasteiger partial charge < -0.3 is 0 Å². The molecule has 1 unspecified atom stereocenters. The molecule has 1 aromatic heterocycles. The van der Waals surface area contributed by atoms with E-state index >= 15 is 0 Å². The van der Waals surface area contributed by atoms with Crippen LogP contribution < -0.4 is 0 Å². The Bertz CT molecular complexity index is 563. The number of fused-ring (bicyclic) bond motifs is 3. The number of aliphatic imine (C=N–C) groups is 1. The average Bonchev–Trinajstić information content (AvgIpc) is 2.51. The number of allylic oxidation sites excluding steroid dienone is 1. The van der Waals surface area contributed by atoms with E-state index in [0.717, 1.165) is 5.00 Å². The van der Waals surface area contributed by atoms with E-state index in [2.05, 4.69) is 48.3 Å². The number of benzene rings is 1. The van der Waals surface area contributed by atoms with E-state index in [1.165, 1.54) is 15.6 Å². The molecule has 0 radical (unpaired) electrons. The highest BCUT2D eigenvalue weighted by Crippen LogP contribution is 2.39. The summed E-state index contributed by atoms with van der Waals surface area (Å²) in [7, 11) is 0. The zero-order valence-electron chi connectivity index (χ0n) is 8.47. The molecule has 0 amide bonds. The summed E-state index contributed by atoms with van der Waals surface area (Å²) in [5.74, 6) is 0.434. The Labute approximate surface area is 92.8 Å². The van der Waals surface area contributed by atoms with Crippen molar-refractivity contribution in [3.63, 3.8) is 0 Å². The van der Waals surface area contributed by atoms with Gasteiger partial charge >= 0.3 is 0 Å². The maximum Gasteiger partial charge on any atom is 0.124 e. The second-order valence-electron chi connectivity index (χ2n) is 3.81. The summed E-state index contributed by atoms with van der Waals surface area (Å²) < 4.78 is 1.32. The lowest BCUT2D eigenvalue weighted by Crippen LogP contribution is -1.86. The van der Waals surface area contributed by atoms with Gasteiger partial charge in [-0.3, -0.25) is 0 Å². The molecule has 1 nitrogen and oxygen atoms in total. The van der Waals surface area contributed by atoms with Crippen LogP contribution in [0.15, 0.2) is 35.3 Å². The van der Waals surface area contributed by atoms with Crippen LogP contribution in [0.1, 0.15) is 12.5 Å². The Kier molecular flexibility index (Phi) is 1.96. The van der Waals surface area contributed by atoms with E-state index in [1.54, 1.807) is 11.3 Å². The van der Waals surface area contributed by atoms with Crippen molar-refractivity contribution in [2.45, 2.75) is 6.92 Å². The largest absolute Gasteiger partial charge is 0.249 e. The van der Waals surface area contributed by atoms with Crippen LogP contribution in [-0.4, -0.2) is 6.21 Å². The summed E-state index contributed by atoms with van der Waals surface area (Å²) >= 11 is 1.77. The van der Waals surface area contributed by atoms with E-state index in [1.807, 2.05) is 6.21 Å². The molecule has 2 heteroatoms. The number of hydrogen-bond acceptors (Lipinski definition) is 2. The van der Waals surface area contributed by atoms with Gasteiger partial charge in [0.2, 0.25) is 0 Å². The minimum absolute atomic E-state index is 0.434. The van der Waals surface area contributed by atoms with Crippen molar-refractivity contribution in [3.8, 4) is 0 Å². The molecular formula is C13H11NS. The molecule has 0 saturated carbocycles. The average molecular weight is 213 g/mol. The van der Waals surface area contributed by atoms with Crippen LogP contribution >= 0.6 is 11.3 Å². The molecule has 15 heavy (non-hydrogen) atoms. The Balaban J connectivity index is 2.33. The molecule has 74 valence electrons. The normalized spacial score (nSPS) is 19.1. The van der Waals surface area contributed by atoms with Gasteiger partial charge in [0, 0.05) is 27.8 Å². The van der Waals surface area contributed by atoms with Crippen molar-refractivity contribution in [3.05, 3.63) is 35.9 Å². The third-order valence-electron chi connectivity index (χ3n) is 2.61. The van der Waals surface area contributed by atoms with Gasteiger partial charge in [0.05, 0.1) is 0 Å². The molecular weight excluding hydrogens is 202 g/mol. The maximum absolute atomic E-state index is 4.54. The molecule has 1 aliphatic rings. The van der Waals surface area contributed by atoms with Gasteiger partial charge in [-0.15, -0.1) is 11.3 Å². The van der Waals surface area contributed by atoms with Crippen LogP contribution in [-0.2, 0) is 0 Å². The first-order valence-corrected chi connectivity index (χ1v) is 5.90. The number of thiophene rings is 1. The molecule has 2 heterocycles. The van der Waals surface area contributed by atoms with E-state index in [9.17, 15) is 0 Å². The predicted molar refractivity (Wildman–Crippen MR) is 68.2 cm³/mol. The molecule has 0 spiro atoms. The number of hydrogen-bond donors (Lipinski definition) is 0. The third kappa shape index (κ3) is 1.41. The van der Waals surface area contributed by atoms with E-state index < -0.39 is 0 Å². The lowest BCUT2D eigenvalue weighted by atomic mass is 10.1. The van der Waals surface area contributed by atoms with Crippen molar-refractivity contribution in [1.82, 2.24) is 0 Å². The highest BCUT2D eigenvalue weighted by Gasteiger charge is 2.10. The van der Waals surface area contributed by atoms with Crippen LogP contribution in [0.2, 0.25) is 0 Å². The van der Waals surface area contributed by atoms with Crippen molar-refractivity contribution >= 4 is 38.7 Å². The lowest BCUT2D eigenvalue weighted by molar-refractivity contribution is 1.04. The fraction of sp³-hybridized carbons (Fsp3) is 0.154. The first-order valence-electron chi connectivity index (χ1n) is 5.08. The van der Waals surface area contributed by atoms with Gasteiger partial charge in [-0.25, -0.2) is 4.99 Å². The zero-order valence-corrected chi connectivity index (χ0v) is 9.29. The minimum atomic E-state index is 0.434. The van der Waals surface area contributed by atoms with Gasteiger partial charge in [0.1, 0.15) is 5.00 Å². The van der Waals surface area contributed by atoms with Gasteiger partial charge in [0.25, 0.3) is 0 Å². The molecule has 0 N–H and O–H groups in total. The zero-order chi connectivity index (χ0) is 10.3. The summed E-state index contributed by atoms with van der Waals surface area (Å²) in [6.07, 6.45) is 6.41. The summed E-state index contributed by atoms with van der Waals surface area (Å²) in [6, 6.07) is 8.48. The number of nitrogens with zero attached hydrogens (tertiary/aromatic N) is 1. The monoisotopic (exact) mass is 213 g/mol. The van der Waals surface area contributed by atoms with Gasteiger partial charge in [-0.2, -0.15) is 0 Å².